The van der Waals surface area contributed by atoms with Gasteiger partial charge in [-0.2, -0.15) is 9.64 Å². The highest BCUT2D eigenvalue weighted by Gasteiger charge is 2.20. The highest BCUT2D eigenvalue weighted by molar-refractivity contribution is 7.08. The zero-order chi connectivity index (χ0) is 21.8. The molecule has 3 aromatic rings. The molecule has 0 aliphatic rings. The van der Waals surface area contributed by atoms with Gasteiger partial charge in [0.25, 0.3) is 0 Å². The number of hydrogen-bond donors (Lipinski definition) is 1. The number of rotatable bonds is 5. The Balaban J connectivity index is 1.97. The molecule has 1 N–H and O–H groups in total. The minimum atomic E-state index is -0.447. The molecule has 30 heavy (non-hydrogen) atoms. The number of amidine groups is 1. The summed E-state index contributed by atoms with van der Waals surface area (Å²) in [5.41, 5.74) is 2.11. The van der Waals surface area contributed by atoms with E-state index in [4.69, 9.17) is 16.3 Å². The molecule has 0 amide bonds. The number of nitriles is 1. The van der Waals surface area contributed by atoms with Gasteiger partial charge in [0, 0.05) is 36.1 Å². The van der Waals surface area contributed by atoms with Gasteiger partial charge in [-0.1, -0.05) is 37.6 Å². The normalized spacial score (nSPS) is 11.5. The van der Waals surface area contributed by atoms with Crippen LogP contribution in [0.3, 0.4) is 0 Å². The first-order valence-electron chi connectivity index (χ1n) is 9.24. The highest BCUT2D eigenvalue weighted by Crippen LogP contribution is 2.40. The van der Waals surface area contributed by atoms with Gasteiger partial charge < -0.3 is 10.1 Å². The van der Waals surface area contributed by atoms with Crippen LogP contribution in [-0.2, 0) is 0 Å². The molecular formula is C22H20ClFN4OS. The zero-order valence-corrected chi connectivity index (χ0v) is 18.5. The second kappa shape index (κ2) is 9.24. The zero-order valence-electron chi connectivity index (χ0n) is 17.0. The number of nitrogens with zero attached hydrogens (tertiary/aromatic N) is 3. The lowest BCUT2D eigenvalue weighted by Gasteiger charge is -2.12. The van der Waals surface area contributed by atoms with Gasteiger partial charge in [0.1, 0.15) is 34.7 Å². The first-order chi connectivity index (χ1) is 14.3. The SMILES string of the molecule is CNC(=Nc1cc(C)c(Oc2snc(-c3ccccc3F)c2C#N)cc1Cl)C(C)C. The van der Waals surface area contributed by atoms with Crippen LogP contribution in [0.4, 0.5) is 10.1 Å². The average Bonchev–Trinajstić information content (AvgIpc) is 3.11. The van der Waals surface area contributed by atoms with E-state index in [0.29, 0.717) is 16.5 Å². The van der Waals surface area contributed by atoms with Crippen molar-refractivity contribution < 1.29 is 9.13 Å². The van der Waals surface area contributed by atoms with Crippen LogP contribution < -0.4 is 10.1 Å². The van der Waals surface area contributed by atoms with E-state index < -0.39 is 5.82 Å². The van der Waals surface area contributed by atoms with Gasteiger partial charge in [-0.3, -0.25) is 0 Å². The Morgan fingerprint density at radius 1 is 1.33 bits per heavy atom. The van der Waals surface area contributed by atoms with Crippen LogP contribution >= 0.6 is 23.1 Å². The highest BCUT2D eigenvalue weighted by atomic mass is 35.5. The van der Waals surface area contributed by atoms with Crippen molar-refractivity contribution in [2.45, 2.75) is 20.8 Å². The van der Waals surface area contributed by atoms with Crippen molar-refractivity contribution in [3.8, 4) is 28.1 Å². The maximum Gasteiger partial charge on any atom is 0.218 e. The second-order valence-corrected chi connectivity index (χ2v) is 8.00. The van der Waals surface area contributed by atoms with E-state index in [1.54, 1.807) is 24.3 Å². The summed E-state index contributed by atoms with van der Waals surface area (Å²) < 4.78 is 24.4. The minimum Gasteiger partial charge on any atom is -0.443 e. The van der Waals surface area contributed by atoms with E-state index in [0.717, 1.165) is 22.9 Å². The molecule has 154 valence electrons. The summed E-state index contributed by atoms with van der Waals surface area (Å²) in [6.07, 6.45) is 0. The minimum absolute atomic E-state index is 0.181. The molecule has 0 unspecified atom stereocenters. The Morgan fingerprint density at radius 2 is 2.07 bits per heavy atom. The van der Waals surface area contributed by atoms with E-state index in [1.165, 1.54) is 6.07 Å². The van der Waals surface area contributed by atoms with Gasteiger partial charge in [0.05, 0.1) is 10.7 Å². The summed E-state index contributed by atoms with van der Waals surface area (Å²) in [7, 11) is 1.82. The number of halogens is 2. The Hall–Kier alpha value is -2.95. The van der Waals surface area contributed by atoms with E-state index in [9.17, 15) is 9.65 Å². The summed E-state index contributed by atoms with van der Waals surface area (Å²) >= 11 is 7.42. The van der Waals surface area contributed by atoms with Crippen LogP contribution in [0.25, 0.3) is 11.3 Å². The van der Waals surface area contributed by atoms with E-state index >= 15 is 0 Å². The quantitative estimate of drug-likeness (QED) is 0.362. The second-order valence-electron chi connectivity index (χ2n) is 6.86. The number of benzene rings is 2. The van der Waals surface area contributed by atoms with Crippen LogP contribution in [0, 0.1) is 30.0 Å². The Kier molecular flexibility index (Phi) is 6.70. The third-order valence-corrected chi connectivity index (χ3v) is 5.42. The van der Waals surface area contributed by atoms with Crippen molar-refractivity contribution in [1.82, 2.24) is 9.69 Å². The van der Waals surface area contributed by atoms with Crippen LogP contribution in [0.15, 0.2) is 41.4 Å². The molecular weight excluding hydrogens is 423 g/mol. The lowest BCUT2D eigenvalue weighted by atomic mass is 10.1. The smallest absolute Gasteiger partial charge is 0.218 e. The molecule has 0 fully saturated rings. The van der Waals surface area contributed by atoms with Gasteiger partial charge in [-0.15, -0.1) is 0 Å². The third-order valence-electron chi connectivity index (χ3n) is 4.39. The fourth-order valence-corrected chi connectivity index (χ4v) is 3.75. The van der Waals surface area contributed by atoms with Crippen LogP contribution in [0.5, 0.6) is 10.8 Å². The Bertz CT molecular complexity index is 1150. The molecule has 1 aromatic heterocycles. The summed E-state index contributed by atoms with van der Waals surface area (Å²) in [5, 5.41) is 13.4. The molecule has 0 saturated heterocycles. The van der Waals surface area contributed by atoms with Gasteiger partial charge >= 0.3 is 0 Å². The molecule has 3 rings (SSSR count). The van der Waals surface area contributed by atoms with Crippen molar-refractivity contribution in [1.29, 1.82) is 5.26 Å². The van der Waals surface area contributed by atoms with Crippen molar-refractivity contribution in [3.05, 3.63) is 58.4 Å². The maximum absolute atomic E-state index is 14.2. The van der Waals surface area contributed by atoms with Crippen LogP contribution in [0.1, 0.15) is 25.0 Å². The summed E-state index contributed by atoms with van der Waals surface area (Å²) in [6, 6.07) is 11.7. The summed E-state index contributed by atoms with van der Waals surface area (Å²) in [5.74, 6) is 1.07. The lowest BCUT2D eigenvalue weighted by molar-refractivity contribution is 0.491. The monoisotopic (exact) mass is 442 g/mol. The van der Waals surface area contributed by atoms with Gasteiger partial charge in [-0.25, -0.2) is 9.38 Å². The Morgan fingerprint density at radius 3 is 2.70 bits per heavy atom. The van der Waals surface area contributed by atoms with E-state index in [2.05, 4.69) is 20.8 Å². The van der Waals surface area contributed by atoms with E-state index in [1.807, 2.05) is 33.9 Å². The molecule has 0 radical (unpaired) electrons. The molecule has 0 bridgehead atoms. The van der Waals surface area contributed by atoms with Crippen molar-refractivity contribution in [3.63, 3.8) is 0 Å². The Labute approximate surface area is 184 Å². The van der Waals surface area contributed by atoms with Crippen LogP contribution in [0.2, 0.25) is 5.02 Å². The number of hydrogen-bond acceptors (Lipinski definition) is 5. The number of aryl methyl sites for hydroxylation is 1. The summed E-state index contributed by atoms with van der Waals surface area (Å²) in [6.45, 7) is 5.94. The lowest BCUT2D eigenvalue weighted by Crippen LogP contribution is -2.23. The van der Waals surface area contributed by atoms with Gasteiger partial charge in [0.2, 0.25) is 5.06 Å². The van der Waals surface area contributed by atoms with Crippen molar-refractivity contribution in [2.75, 3.05) is 7.05 Å². The maximum atomic E-state index is 14.2. The molecule has 8 heteroatoms. The number of aromatic nitrogens is 1. The predicted molar refractivity (Wildman–Crippen MR) is 119 cm³/mol. The van der Waals surface area contributed by atoms with Gasteiger partial charge in [0.15, 0.2) is 0 Å². The van der Waals surface area contributed by atoms with E-state index in [-0.39, 0.29) is 27.8 Å². The molecule has 0 spiro atoms. The largest absolute Gasteiger partial charge is 0.443 e. The first-order valence-corrected chi connectivity index (χ1v) is 10.4. The molecule has 0 aliphatic heterocycles. The standard InChI is InChI=1S/C22H20ClFN4OS/c1-12(2)21(26-4)27-18-9-13(3)19(10-16(18)23)29-22-15(11-25)20(28-30-22)14-7-5-6-8-17(14)24/h5-10,12H,1-4H3,(H,26,27). The summed E-state index contributed by atoms with van der Waals surface area (Å²) in [4.78, 5) is 4.59. The van der Waals surface area contributed by atoms with Crippen molar-refractivity contribution >= 4 is 34.7 Å². The fourth-order valence-electron chi connectivity index (χ4n) is 2.83. The number of nitrogens with one attached hydrogen (secondary N) is 1. The fraction of sp³-hybridized carbons (Fsp3) is 0.227. The number of aliphatic imine (C=N–C) groups is 1. The predicted octanol–water partition coefficient (Wildman–Crippen LogP) is 6.48. The topological polar surface area (TPSA) is 70.3 Å². The van der Waals surface area contributed by atoms with Gasteiger partial charge in [-0.05, 0) is 30.7 Å². The third kappa shape index (κ3) is 4.45. The molecule has 5 nitrogen and oxygen atoms in total. The molecule has 0 saturated carbocycles. The van der Waals surface area contributed by atoms with Crippen molar-refractivity contribution in [2.24, 2.45) is 10.9 Å². The molecule has 0 aliphatic carbocycles. The first kappa shape index (κ1) is 21.8. The molecule has 0 atom stereocenters. The van der Waals surface area contributed by atoms with Crippen LogP contribution in [-0.4, -0.2) is 17.3 Å². The molecule has 1 heterocycles. The number of ether oxygens (including phenoxy) is 1. The molecule has 2 aromatic carbocycles. The average molecular weight is 443 g/mol.